The van der Waals surface area contributed by atoms with Gasteiger partial charge in [-0.15, -0.1) is 11.8 Å². The van der Waals surface area contributed by atoms with Crippen LogP contribution in [0.15, 0.2) is 57.9 Å². The number of esters is 1. The summed E-state index contributed by atoms with van der Waals surface area (Å²) >= 11 is 1.48. The average molecular weight is 480 g/mol. The summed E-state index contributed by atoms with van der Waals surface area (Å²) in [6.07, 6.45) is 0.148. The van der Waals surface area contributed by atoms with E-state index in [0.717, 1.165) is 21.9 Å². The Labute approximate surface area is 201 Å². The summed E-state index contributed by atoms with van der Waals surface area (Å²) < 4.78 is 10.6. The molecule has 1 aliphatic rings. The van der Waals surface area contributed by atoms with E-state index in [1.165, 1.54) is 16.7 Å². The zero-order valence-electron chi connectivity index (χ0n) is 19.2. The van der Waals surface area contributed by atoms with Crippen molar-refractivity contribution in [2.75, 3.05) is 16.8 Å². The molecule has 1 unspecified atom stereocenters. The number of anilines is 2. The van der Waals surface area contributed by atoms with Gasteiger partial charge in [-0.1, -0.05) is 29.4 Å². The lowest BCUT2D eigenvalue weighted by molar-refractivity contribution is -0.122. The maximum Gasteiger partial charge on any atom is 0.339 e. The molecule has 3 aromatic rings. The van der Waals surface area contributed by atoms with Gasteiger partial charge in [0.05, 0.1) is 22.6 Å². The summed E-state index contributed by atoms with van der Waals surface area (Å²) in [6, 6.07) is 13.8. The van der Waals surface area contributed by atoms with Crippen molar-refractivity contribution in [1.29, 1.82) is 0 Å². The van der Waals surface area contributed by atoms with Crippen LogP contribution in [0.3, 0.4) is 0 Å². The van der Waals surface area contributed by atoms with E-state index in [0.29, 0.717) is 22.7 Å². The maximum atomic E-state index is 13.1. The molecule has 0 aliphatic carbocycles. The highest BCUT2D eigenvalue weighted by molar-refractivity contribution is 7.98. The van der Waals surface area contributed by atoms with Crippen LogP contribution in [-0.4, -0.2) is 35.6 Å². The van der Waals surface area contributed by atoms with E-state index in [9.17, 15) is 14.4 Å². The zero-order valence-corrected chi connectivity index (χ0v) is 20.0. The largest absolute Gasteiger partial charge is 0.452 e. The number of nitrogens with one attached hydrogen (secondary N) is 1. The van der Waals surface area contributed by atoms with Crippen molar-refractivity contribution in [3.63, 3.8) is 0 Å². The lowest BCUT2D eigenvalue weighted by Gasteiger charge is -2.27. The smallest absolute Gasteiger partial charge is 0.339 e. The van der Waals surface area contributed by atoms with E-state index < -0.39 is 18.5 Å². The highest BCUT2D eigenvalue weighted by Crippen LogP contribution is 2.32. The second-order valence-electron chi connectivity index (χ2n) is 8.05. The predicted molar refractivity (Wildman–Crippen MR) is 129 cm³/mol. The Hall–Kier alpha value is -3.59. The minimum atomic E-state index is -0.583. The normalized spacial score (nSPS) is 15.3. The van der Waals surface area contributed by atoms with Crippen molar-refractivity contribution in [2.45, 2.75) is 43.9 Å². The Morgan fingerprint density at radius 1 is 1.18 bits per heavy atom. The molecular formula is C25H25N3O5S. The second-order valence-corrected chi connectivity index (χ2v) is 9.06. The fourth-order valence-corrected chi connectivity index (χ4v) is 5.06. The number of carbonyl (C=O) groups is 3. The number of benzene rings is 2. The van der Waals surface area contributed by atoms with Crippen LogP contribution in [0.5, 0.6) is 0 Å². The molecule has 2 amide bonds. The van der Waals surface area contributed by atoms with Crippen LogP contribution in [0.1, 0.15) is 40.7 Å². The molecule has 0 spiro atoms. The maximum absolute atomic E-state index is 13.1. The zero-order chi connectivity index (χ0) is 24.2. The quantitative estimate of drug-likeness (QED) is 0.410. The number of aromatic nitrogens is 1. The number of fused-ring (bicyclic) bond motifs is 1. The number of thioether (sulfide) groups is 1. The van der Waals surface area contributed by atoms with Gasteiger partial charge in [0, 0.05) is 28.7 Å². The molecule has 0 bridgehead atoms. The van der Waals surface area contributed by atoms with Gasteiger partial charge in [0.1, 0.15) is 5.76 Å². The van der Waals surface area contributed by atoms with Crippen molar-refractivity contribution in [3.8, 4) is 0 Å². The highest BCUT2D eigenvalue weighted by atomic mass is 32.2. The Bertz CT molecular complexity index is 1220. The van der Waals surface area contributed by atoms with Gasteiger partial charge in [-0.05, 0) is 45.0 Å². The fraction of sp³-hybridized carbons (Fsp3) is 0.280. The highest BCUT2D eigenvalue weighted by Gasteiger charge is 2.30. The molecule has 176 valence electrons. The van der Waals surface area contributed by atoms with Gasteiger partial charge in [-0.3, -0.25) is 9.59 Å². The molecule has 4 rings (SSSR count). The van der Waals surface area contributed by atoms with Crippen LogP contribution in [-0.2, 0) is 20.1 Å². The second kappa shape index (κ2) is 10.1. The molecule has 2 heterocycles. The fourth-order valence-electron chi connectivity index (χ4n) is 3.86. The summed E-state index contributed by atoms with van der Waals surface area (Å²) in [4.78, 5) is 40.4. The lowest BCUT2D eigenvalue weighted by atomic mass is 10.1. The van der Waals surface area contributed by atoms with Gasteiger partial charge in [0.25, 0.3) is 5.91 Å². The molecule has 0 radical (unpaired) electrons. The lowest BCUT2D eigenvalue weighted by Crippen LogP contribution is -2.41. The van der Waals surface area contributed by atoms with Gasteiger partial charge in [-0.25, -0.2) is 4.79 Å². The number of amides is 2. The Morgan fingerprint density at radius 2 is 1.91 bits per heavy atom. The minimum Gasteiger partial charge on any atom is -0.452 e. The monoisotopic (exact) mass is 479 g/mol. The topological polar surface area (TPSA) is 102 Å². The van der Waals surface area contributed by atoms with Crippen LogP contribution in [0.2, 0.25) is 0 Å². The number of ether oxygens (including phenoxy) is 1. The van der Waals surface area contributed by atoms with Gasteiger partial charge in [0.15, 0.2) is 6.61 Å². The van der Waals surface area contributed by atoms with E-state index in [1.807, 2.05) is 26.0 Å². The molecule has 1 atom stereocenters. The Kier molecular flexibility index (Phi) is 7.02. The molecule has 34 heavy (non-hydrogen) atoms. The Morgan fingerprint density at radius 3 is 2.68 bits per heavy atom. The minimum absolute atomic E-state index is 0.148. The molecule has 0 saturated heterocycles. The van der Waals surface area contributed by atoms with Gasteiger partial charge >= 0.3 is 5.97 Å². The van der Waals surface area contributed by atoms with Crippen molar-refractivity contribution in [2.24, 2.45) is 0 Å². The van der Waals surface area contributed by atoms with E-state index in [-0.39, 0.29) is 18.4 Å². The predicted octanol–water partition coefficient (Wildman–Crippen LogP) is 4.50. The molecule has 2 aromatic carbocycles. The standard InChI is InChI=1S/C25H25N3O5S/c1-15-12-23(29)26-20-9-5-6-10-21(20)28(15)24(30)13-32-25(31)18-8-4-7-11-22(18)34-14-19-16(2)27-33-17(19)3/h4-11,15H,12-14H2,1-3H3,(H,26,29). The van der Waals surface area contributed by atoms with Crippen molar-refractivity contribution >= 4 is 40.9 Å². The SMILES string of the molecule is Cc1noc(C)c1CSc1ccccc1C(=O)OCC(=O)N1c2ccccc2NC(=O)CC1C. The number of para-hydroxylation sites is 2. The third kappa shape index (κ3) is 4.99. The number of rotatable bonds is 6. The molecule has 1 N–H and O–H groups in total. The number of nitrogens with zero attached hydrogens (tertiary/aromatic N) is 2. The summed E-state index contributed by atoms with van der Waals surface area (Å²) in [5.74, 6) is 0.186. The molecule has 1 aromatic heterocycles. The average Bonchev–Trinajstić information content (AvgIpc) is 3.07. The number of hydrogen-bond donors (Lipinski definition) is 1. The van der Waals surface area contributed by atoms with Crippen LogP contribution < -0.4 is 10.2 Å². The number of hydrogen-bond acceptors (Lipinski definition) is 7. The molecular weight excluding hydrogens is 454 g/mol. The summed E-state index contributed by atoms with van der Waals surface area (Å²) in [6.45, 7) is 5.09. The summed E-state index contributed by atoms with van der Waals surface area (Å²) in [7, 11) is 0. The first-order valence-electron chi connectivity index (χ1n) is 10.9. The molecule has 0 saturated carbocycles. The van der Waals surface area contributed by atoms with E-state index in [1.54, 1.807) is 43.3 Å². The third-order valence-corrected chi connectivity index (χ3v) is 6.71. The summed E-state index contributed by atoms with van der Waals surface area (Å²) in [5, 5.41) is 6.78. The first kappa shape index (κ1) is 23.6. The van der Waals surface area contributed by atoms with Crippen molar-refractivity contribution in [3.05, 3.63) is 71.1 Å². The van der Waals surface area contributed by atoms with Gasteiger partial charge in [0.2, 0.25) is 5.91 Å². The van der Waals surface area contributed by atoms with Crippen LogP contribution in [0.4, 0.5) is 11.4 Å². The first-order valence-corrected chi connectivity index (χ1v) is 11.9. The molecule has 1 aliphatic heterocycles. The first-order chi connectivity index (χ1) is 16.3. The number of carbonyl (C=O) groups excluding carboxylic acids is 3. The summed E-state index contributed by atoms with van der Waals surface area (Å²) in [5.41, 5.74) is 3.32. The van der Waals surface area contributed by atoms with Crippen molar-refractivity contribution in [1.82, 2.24) is 5.16 Å². The number of aryl methyl sites for hydroxylation is 2. The van der Waals surface area contributed by atoms with Crippen LogP contribution in [0, 0.1) is 13.8 Å². The van der Waals surface area contributed by atoms with Crippen LogP contribution >= 0.6 is 11.8 Å². The van der Waals surface area contributed by atoms with Crippen LogP contribution in [0.25, 0.3) is 0 Å². The van der Waals surface area contributed by atoms with E-state index in [2.05, 4.69) is 10.5 Å². The molecule has 8 nitrogen and oxygen atoms in total. The van der Waals surface area contributed by atoms with Crippen molar-refractivity contribution < 1.29 is 23.6 Å². The molecule has 9 heteroatoms. The molecule has 0 fully saturated rings. The van der Waals surface area contributed by atoms with Gasteiger partial charge < -0.3 is 19.5 Å². The van der Waals surface area contributed by atoms with Gasteiger partial charge in [-0.2, -0.15) is 0 Å². The van der Waals surface area contributed by atoms with E-state index >= 15 is 0 Å². The van der Waals surface area contributed by atoms with E-state index in [4.69, 9.17) is 9.26 Å². The Balaban J connectivity index is 1.46. The third-order valence-electron chi connectivity index (χ3n) is 5.61.